The first-order valence-corrected chi connectivity index (χ1v) is 7.60. The second kappa shape index (κ2) is 7.15. The van der Waals surface area contributed by atoms with Crippen molar-refractivity contribution in [3.63, 3.8) is 0 Å². The van der Waals surface area contributed by atoms with Crippen LogP contribution in [0.3, 0.4) is 0 Å². The van der Waals surface area contributed by atoms with Crippen molar-refractivity contribution in [2.45, 2.75) is 11.5 Å². The van der Waals surface area contributed by atoms with Crippen molar-refractivity contribution in [1.82, 2.24) is 10.6 Å². The summed E-state index contributed by atoms with van der Waals surface area (Å²) in [6.07, 6.45) is 0. The molecule has 0 saturated carbocycles. The summed E-state index contributed by atoms with van der Waals surface area (Å²) < 4.78 is 5.10. The van der Waals surface area contributed by atoms with Gasteiger partial charge in [0.1, 0.15) is 17.2 Å². The Bertz CT molecular complexity index is 599. The molecule has 7 nitrogen and oxygen atoms in total. The lowest BCUT2D eigenvalue weighted by molar-refractivity contribution is -0.126. The third kappa shape index (κ3) is 3.69. The highest BCUT2D eigenvalue weighted by molar-refractivity contribution is 8.00. The van der Waals surface area contributed by atoms with Crippen LogP contribution in [0.1, 0.15) is 11.6 Å². The smallest absolute Gasteiger partial charge is 0.241 e. The van der Waals surface area contributed by atoms with Crippen LogP contribution in [0, 0.1) is 17.2 Å². The van der Waals surface area contributed by atoms with Crippen LogP contribution >= 0.6 is 11.8 Å². The largest absolute Gasteiger partial charge is 0.497 e. The van der Waals surface area contributed by atoms with Gasteiger partial charge in [-0.2, -0.15) is 5.26 Å². The summed E-state index contributed by atoms with van der Waals surface area (Å²) in [7, 11) is 1.57. The van der Waals surface area contributed by atoms with Crippen molar-refractivity contribution in [2.24, 2.45) is 11.7 Å². The second-order valence-corrected chi connectivity index (χ2v) is 5.78. The molecule has 1 aliphatic heterocycles. The molecule has 1 aromatic rings. The van der Waals surface area contributed by atoms with Crippen molar-refractivity contribution in [1.29, 1.82) is 5.26 Å². The van der Waals surface area contributed by atoms with E-state index in [0.717, 1.165) is 5.56 Å². The second-order valence-electron chi connectivity index (χ2n) is 4.69. The molecule has 2 amide bonds. The summed E-state index contributed by atoms with van der Waals surface area (Å²) in [5.74, 6) is -0.922. The number of hydrogen-bond donors (Lipinski definition) is 3. The van der Waals surface area contributed by atoms with Crippen molar-refractivity contribution in [3.8, 4) is 11.8 Å². The molecule has 0 spiro atoms. The Morgan fingerprint density at radius 3 is 2.68 bits per heavy atom. The van der Waals surface area contributed by atoms with Crippen LogP contribution in [0.2, 0.25) is 0 Å². The topological polar surface area (TPSA) is 117 Å². The molecule has 3 atom stereocenters. The van der Waals surface area contributed by atoms with Crippen molar-refractivity contribution in [3.05, 3.63) is 29.8 Å². The minimum atomic E-state index is -0.848. The van der Waals surface area contributed by atoms with E-state index in [1.165, 1.54) is 11.8 Å². The van der Waals surface area contributed by atoms with Gasteiger partial charge >= 0.3 is 0 Å². The van der Waals surface area contributed by atoms with Crippen molar-refractivity contribution < 1.29 is 14.3 Å². The fraction of sp³-hybridized carbons (Fsp3) is 0.357. The van der Waals surface area contributed by atoms with Gasteiger partial charge < -0.3 is 15.8 Å². The molecule has 8 heteroatoms. The normalized spacial score (nSPS) is 24.2. The number of ether oxygens (including phenoxy) is 1. The van der Waals surface area contributed by atoms with Crippen LogP contribution in [-0.2, 0) is 9.59 Å². The summed E-state index contributed by atoms with van der Waals surface area (Å²) in [5, 5.41) is 15.0. The highest BCUT2D eigenvalue weighted by Gasteiger charge is 2.37. The van der Waals surface area contributed by atoms with E-state index in [4.69, 9.17) is 10.5 Å². The van der Waals surface area contributed by atoms with Gasteiger partial charge in [-0.05, 0) is 17.7 Å². The Balaban J connectivity index is 2.18. The molecule has 2 rings (SSSR count). The van der Waals surface area contributed by atoms with E-state index in [1.54, 1.807) is 31.4 Å². The van der Waals surface area contributed by atoms with E-state index in [-0.39, 0.29) is 11.7 Å². The van der Waals surface area contributed by atoms with Gasteiger partial charge in [0, 0.05) is 0 Å². The van der Waals surface area contributed by atoms with Crippen LogP contribution < -0.4 is 21.1 Å². The van der Waals surface area contributed by atoms with E-state index in [1.807, 2.05) is 6.07 Å². The molecule has 1 aromatic carbocycles. The number of amides is 2. The highest BCUT2D eigenvalue weighted by Crippen LogP contribution is 2.29. The predicted molar refractivity (Wildman–Crippen MR) is 81.6 cm³/mol. The number of benzene rings is 1. The molecule has 1 saturated heterocycles. The number of carbonyl (C=O) groups excluding carboxylic acids is 2. The Morgan fingerprint density at radius 1 is 1.45 bits per heavy atom. The van der Waals surface area contributed by atoms with E-state index in [9.17, 15) is 14.9 Å². The molecule has 1 fully saturated rings. The SMILES string of the molecule is COc1ccc(C2NC(SCC(N)=O)NC(=O)C2C#N)cc1. The summed E-state index contributed by atoms with van der Waals surface area (Å²) in [6, 6.07) is 8.68. The molecule has 22 heavy (non-hydrogen) atoms. The lowest BCUT2D eigenvalue weighted by Gasteiger charge is -2.34. The molecule has 116 valence electrons. The van der Waals surface area contributed by atoms with Crippen LogP contribution in [0.15, 0.2) is 24.3 Å². The molecule has 3 unspecified atom stereocenters. The van der Waals surface area contributed by atoms with Gasteiger partial charge in [-0.3, -0.25) is 14.9 Å². The fourth-order valence-corrected chi connectivity index (χ4v) is 2.93. The first-order chi connectivity index (χ1) is 10.5. The number of rotatable bonds is 5. The van der Waals surface area contributed by atoms with Crippen LogP contribution in [0.25, 0.3) is 0 Å². The molecule has 0 bridgehead atoms. The van der Waals surface area contributed by atoms with E-state index >= 15 is 0 Å². The average Bonchev–Trinajstić information content (AvgIpc) is 2.52. The maximum Gasteiger partial charge on any atom is 0.241 e. The standard InChI is InChI=1S/C14H16N4O3S/c1-21-9-4-2-8(3-5-9)12-10(6-15)13(20)18-14(17-12)22-7-11(16)19/h2-5,10,12,14,17H,7H2,1H3,(H2,16,19)(H,18,20). The number of methoxy groups -OCH3 is 1. The summed E-state index contributed by atoms with van der Waals surface area (Å²) in [6.45, 7) is 0. The zero-order chi connectivity index (χ0) is 16.1. The molecule has 0 radical (unpaired) electrons. The minimum Gasteiger partial charge on any atom is -0.497 e. The predicted octanol–water partition coefficient (Wildman–Crippen LogP) is 0.0976. The van der Waals surface area contributed by atoms with E-state index in [0.29, 0.717) is 5.75 Å². The molecule has 1 aliphatic rings. The number of nitriles is 1. The van der Waals surface area contributed by atoms with Crippen molar-refractivity contribution in [2.75, 3.05) is 12.9 Å². The number of nitrogens with two attached hydrogens (primary N) is 1. The first-order valence-electron chi connectivity index (χ1n) is 6.55. The van der Waals surface area contributed by atoms with Gasteiger partial charge in [0.05, 0.1) is 25.0 Å². The molecular weight excluding hydrogens is 304 g/mol. The van der Waals surface area contributed by atoms with Crippen LogP contribution in [-0.4, -0.2) is 30.2 Å². The van der Waals surface area contributed by atoms with E-state index < -0.39 is 23.4 Å². The number of nitrogens with one attached hydrogen (secondary N) is 2. The zero-order valence-electron chi connectivity index (χ0n) is 11.9. The summed E-state index contributed by atoms with van der Waals surface area (Å²) in [4.78, 5) is 22.9. The monoisotopic (exact) mass is 320 g/mol. The summed E-state index contributed by atoms with van der Waals surface area (Å²) in [5.41, 5.74) is 5.43. The van der Waals surface area contributed by atoms with E-state index in [2.05, 4.69) is 10.6 Å². The maximum absolute atomic E-state index is 12.1. The molecule has 0 aliphatic carbocycles. The lowest BCUT2D eigenvalue weighted by atomic mass is 9.92. The summed E-state index contributed by atoms with van der Waals surface area (Å²) >= 11 is 1.18. The van der Waals surface area contributed by atoms with Crippen LogP contribution in [0.4, 0.5) is 0 Å². The minimum absolute atomic E-state index is 0.0739. The van der Waals surface area contributed by atoms with Gasteiger partial charge in [-0.15, -0.1) is 11.8 Å². The van der Waals surface area contributed by atoms with Gasteiger partial charge in [-0.1, -0.05) is 12.1 Å². The molecular formula is C14H16N4O3S. The Kier molecular flexibility index (Phi) is 5.25. The Hall–Kier alpha value is -2.24. The number of hydrogen-bond acceptors (Lipinski definition) is 6. The number of thioether (sulfide) groups is 1. The van der Waals surface area contributed by atoms with Crippen LogP contribution in [0.5, 0.6) is 5.75 Å². The third-order valence-electron chi connectivity index (χ3n) is 3.23. The Labute approximate surface area is 132 Å². The molecule has 0 aromatic heterocycles. The van der Waals surface area contributed by atoms with Gasteiger partial charge in [0.15, 0.2) is 0 Å². The number of nitrogens with zero attached hydrogens (tertiary/aromatic N) is 1. The quantitative estimate of drug-likeness (QED) is 0.708. The Morgan fingerprint density at radius 2 is 2.14 bits per heavy atom. The third-order valence-corrected chi connectivity index (χ3v) is 4.26. The average molecular weight is 320 g/mol. The zero-order valence-corrected chi connectivity index (χ0v) is 12.7. The molecule has 1 heterocycles. The van der Waals surface area contributed by atoms with Gasteiger partial charge in [0.25, 0.3) is 0 Å². The lowest BCUT2D eigenvalue weighted by Crippen LogP contribution is -2.56. The highest BCUT2D eigenvalue weighted by atomic mass is 32.2. The first kappa shape index (κ1) is 16.1. The number of primary amides is 1. The maximum atomic E-state index is 12.1. The number of carbonyl (C=O) groups is 2. The van der Waals surface area contributed by atoms with Crippen molar-refractivity contribution >= 4 is 23.6 Å². The van der Waals surface area contributed by atoms with Gasteiger partial charge in [0.2, 0.25) is 11.8 Å². The van der Waals surface area contributed by atoms with Gasteiger partial charge in [-0.25, -0.2) is 0 Å². The fourth-order valence-electron chi connectivity index (χ4n) is 2.16. The molecule has 4 N–H and O–H groups in total.